The minimum atomic E-state index is -4.57. The molecule has 4 aromatic rings. The number of nitrogens with two attached hydrogens (primary N) is 1. The van der Waals surface area contributed by atoms with Crippen molar-refractivity contribution in [3.05, 3.63) is 48.8 Å². The maximum Gasteiger partial charge on any atom is 0.459 e. The molecule has 5 N–H and O–H groups in total. The van der Waals surface area contributed by atoms with Crippen molar-refractivity contribution < 1.29 is 51.6 Å². The van der Waals surface area contributed by atoms with Gasteiger partial charge in [0.2, 0.25) is 11.8 Å². The molecule has 0 aliphatic carbocycles. The summed E-state index contributed by atoms with van der Waals surface area (Å²) in [7, 11) is -4.57. The summed E-state index contributed by atoms with van der Waals surface area (Å²) in [5.41, 5.74) is 4.21. The first-order valence-electron chi connectivity index (χ1n) is 15.2. The number of hydrogen-bond donors (Lipinski definition) is 4. The van der Waals surface area contributed by atoms with Gasteiger partial charge in [-0.05, 0) is 38.1 Å². The number of alkyl halides is 2. The molecule has 3 unspecified atom stereocenters. The quantitative estimate of drug-likeness (QED) is 0.176. The molecule has 0 amide bonds. The summed E-state index contributed by atoms with van der Waals surface area (Å²) in [5.74, 6) is -4.58. The molecule has 2 aliphatic rings. The van der Waals surface area contributed by atoms with Crippen molar-refractivity contribution in [2.75, 3.05) is 25.6 Å². The Balaban J connectivity index is 1.35. The number of hydrogen-bond acceptors (Lipinski definition) is 13. The minimum Gasteiger partial charge on any atom is -0.476 e. The molecule has 18 heteroatoms. The number of halogens is 2. The van der Waals surface area contributed by atoms with Crippen molar-refractivity contribution in [3.63, 3.8) is 0 Å². The summed E-state index contributed by atoms with van der Waals surface area (Å²) < 4.78 is 73.1. The van der Waals surface area contributed by atoms with E-state index in [0.717, 1.165) is 5.39 Å². The summed E-state index contributed by atoms with van der Waals surface area (Å²) in [6.45, 7) is 0.723. The monoisotopic (exact) mass is 692 g/mol. The standard InChI is InChI=1S/C30H35F2N6O9P/c1-17-26(40)44-15-30(31,32)12-5-6-13-43-25-22-24(35-28(33)36-25)38(16-34-22)27-29(2,41)23(39)21(46-27)14-45-48(42,37-17)47-20-11-7-9-18-8-3-4-10-19(18)20/h3-4,7-11,16-17,21,23,27,39,41H,5-6,12-15H2,1-2H3,(H,37,42)(H2,33,35,36)/t17-,21?,23+,27?,29+,48?/m0/s1. The first-order chi connectivity index (χ1) is 22.8. The number of aliphatic hydroxyl groups is 2. The van der Waals surface area contributed by atoms with Crippen LogP contribution in [0.1, 0.15) is 39.3 Å². The zero-order valence-electron chi connectivity index (χ0n) is 26.0. The molecule has 6 bridgehead atoms. The van der Waals surface area contributed by atoms with E-state index in [0.29, 0.717) is 5.39 Å². The molecular formula is C30H35F2N6O9P. The molecule has 0 radical (unpaired) electrons. The Hall–Kier alpha value is -3.99. The smallest absolute Gasteiger partial charge is 0.459 e. The number of nitrogen functional groups attached to an aromatic ring is 1. The molecule has 6 atom stereocenters. The third-order valence-corrected chi connectivity index (χ3v) is 9.73. The fourth-order valence-corrected chi connectivity index (χ4v) is 7.06. The van der Waals surface area contributed by atoms with Gasteiger partial charge in [-0.3, -0.25) is 13.9 Å². The molecule has 2 aliphatic heterocycles. The van der Waals surface area contributed by atoms with E-state index in [1.54, 1.807) is 36.4 Å². The lowest BCUT2D eigenvalue weighted by Crippen LogP contribution is -2.44. The van der Waals surface area contributed by atoms with Gasteiger partial charge in [0.25, 0.3) is 5.92 Å². The van der Waals surface area contributed by atoms with Gasteiger partial charge in [0.15, 0.2) is 24.0 Å². The molecule has 6 rings (SSSR count). The number of carbonyl (C=O) groups is 1. The number of nitrogens with zero attached hydrogens (tertiary/aromatic N) is 4. The average molecular weight is 693 g/mol. The van der Waals surface area contributed by atoms with Crippen LogP contribution in [-0.4, -0.2) is 85.3 Å². The summed E-state index contributed by atoms with van der Waals surface area (Å²) in [4.78, 5) is 25.4. The van der Waals surface area contributed by atoms with E-state index < -0.39 is 69.4 Å². The van der Waals surface area contributed by atoms with Crippen LogP contribution in [0.25, 0.3) is 21.9 Å². The summed E-state index contributed by atoms with van der Waals surface area (Å²) >= 11 is 0. The minimum absolute atomic E-state index is 0.0104. The molecule has 48 heavy (non-hydrogen) atoms. The first kappa shape index (κ1) is 33.9. The van der Waals surface area contributed by atoms with Gasteiger partial charge in [-0.15, -0.1) is 0 Å². The number of aromatic nitrogens is 4. The Labute approximate surface area is 272 Å². The number of anilines is 1. The zero-order valence-corrected chi connectivity index (χ0v) is 26.9. The van der Waals surface area contributed by atoms with Gasteiger partial charge in [-0.2, -0.15) is 15.1 Å². The number of benzene rings is 2. The predicted molar refractivity (Wildman–Crippen MR) is 166 cm³/mol. The van der Waals surface area contributed by atoms with Gasteiger partial charge in [0.1, 0.15) is 29.6 Å². The van der Waals surface area contributed by atoms with Crippen LogP contribution >= 0.6 is 7.75 Å². The van der Waals surface area contributed by atoms with E-state index in [4.69, 9.17) is 29.0 Å². The Morgan fingerprint density at radius 3 is 2.73 bits per heavy atom. The van der Waals surface area contributed by atoms with Crippen molar-refractivity contribution in [1.29, 1.82) is 0 Å². The molecule has 0 saturated carbocycles. The van der Waals surface area contributed by atoms with E-state index >= 15 is 0 Å². The van der Waals surface area contributed by atoms with Crippen molar-refractivity contribution in [2.24, 2.45) is 0 Å². The first-order valence-corrected chi connectivity index (χ1v) is 16.7. The molecule has 1 fully saturated rings. The van der Waals surface area contributed by atoms with Crippen LogP contribution in [0.4, 0.5) is 14.7 Å². The molecule has 0 spiro atoms. The third-order valence-electron chi connectivity index (χ3n) is 8.10. The maximum atomic E-state index is 14.6. The number of cyclic esters (lactones) is 1. The number of nitrogens with one attached hydrogen (secondary N) is 1. The lowest BCUT2D eigenvalue weighted by Gasteiger charge is -2.27. The molecule has 258 valence electrons. The number of carbonyl (C=O) groups excluding carboxylic acids is 1. The van der Waals surface area contributed by atoms with Crippen LogP contribution in [0.15, 0.2) is 48.8 Å². The molecule has 15 nitrogen and oxygen atoms in total. The number of esters is 1. The Morgan fingerprint density at radius 2 is 1.92 bits per heavy atom. The molecule has 2 aromatic carbocycles. The third kappa shape index (κ3) is 6.92. The van der Waals surface area contributed by atoms with Crippen molar-refractivity contribution >= 4 is 41.6 Å². The highest BCUT2D eigenvalue weighted by atomic mass is 31.2. The normalized spacial score (nSPS) is 30.4. The topological polar surface area (TPSA) is 202 Å². The molecular weight excluding hydrogens is 657 g/mol. The zero-order chi connectivity index (χ0) is 34.3. The van der Waals surface area contributed by atoms with Crippen LogP contribution < -0.4 is 20.1 Å². The SMILES string of the molecule is C[C@@H]1NP(=O)(Oc2cccc3ccccc23)OCC2OC(n3cnc4c(nc(N)nc43)OCCCCC(F)(F)COC1=O)[C@](C)(O)[C@@H]2O. The summed E-state index contributed by atoms with van der Waals surface area (Å²) in [6, 6.07) is 10.6. The van der Waals surface area contributed by atoms with Crippen LogP contribution in [0.5, 0.6) is 11.6 Å². The lowest BCUT2D eigenvalue weighted by atomic mass is 9.96. The van der Waals surface area contributed by atoms with Crippen molar-refractivity contribution in [3.8, 4) is 11.6 Å². The van der Waals surface area contributed by atoms with Crippen molar-refractivity contribution in [2.45, 2.75) is 69.1 Å². The fourth-order valence-electron chi connectivity index (χ4n) is 5.54. The molecule has 1 saturated heterocycles. The van der Waals surface area contributed by atoms with Gasteiger partial charge < -0.3 is 34.7 Å². The molecule has 2 aromatic heterocycles. The number of ether oxygens (including phenoxy) is 3. The van der Waals surface area contributed by atoms with Gasteiger partial charge in [-0.1, -0.05) is 36.4 Å². The highest BCUT2D eigenvalue weighted by molar-refractivity contribution is 7.52. The van der Waals surface area contributed by atoms with Crippen LogP contribution in [0, 0.1) is 0 Å². The van der Waals surface area contributed by atoms with Crippen molar-refractivity contribution in [1.82, 2.24) is 24.6 Å². The summed E-state index contributed by atoms with van der Waals surface area (Å²) in [5, 5.41) is 26.4. The Kier molecular flexibility index (Phi) is 9.28. The number of fused-ring (bicyclic) bond motifs is 4. The number of rotatable bonds is 2. The van der Waals surface area contributed by atoms with E-state index in [-0.39, 0.29) is 48.2 Å². The number of aliphatic hydroxyl groups excluding tert-OH is 1. The van der Waals surface area contributed by atoms with Gasteiger partial charge in [-0.25, -0.2) is 18.3 Å². The maximum absolute atomic E-state index is 14.6. The summed E-state index contributed by atoms with van der Waals surface area (Å²) in [6.07, 6.45) is -3.33. The van der Waals surface area contributed by atoms with Gasteiger partial charge in [0, 0.05) is 11.8 Å². The second-order valence-corrected chi connectivity index (χ2v) is 13.6. The highest BCUT2D eigenvalue weighted by Gasteiger charge is 2.54. The largest absolute Gasteiger partial charge is 0.476 e. The average Bonchev–Trinajstić information content (AvgIpc) is 3.55. The van der Waals surface area contributed by atoms with Gasteiger partial charge in [0.05, 0.1) is 19.5 Å². The van der Waals surface area contributed by atoms with E-state index in [9.17, 15) is 28.4 Å². The Bertz CT molecular complexity index is 1850. The van der Waals surface area contributed by atoms with Gasteiger partial charge >= 0.3 is 13.7 Å². The van der Waals surface area contributed by atoms with E-state index in [1.165, 1.54) is 30.8 Å². The molecule has 4 heterocycles. The Morgan fingerprint density at radius 1 is 1.15 bits per heavy atom. The van der Waals surface area contributed by atoms with Crippen LogP contribution in [0.2, 0.25) is 0 Å². The van der Waals surface area contributed by atoms with Crippen LogP contribution in [-0.2, 0) is 23.4 Å². The number of imidazole rings is 1. The predicted octanol–water partition coefficient (Wildman–Crippen LogP) is 3.49. The highest BCUT2D eigenvalue weighted by Crippen LogP contribution is 2.48. The lowest BCUT2D eigenvalue weighted by molar-refractivity contribution is -0.157. The second kappa shape index (κ2) is 13.1. The second-order valence-electron chi connectivity index (χ2n) is 11.9. The van der Waals surface area contributed by atoms with Crippen LogP contribution in [0.3, 0.4) is 0 Å². The van der Waals surface area contributed by atoms with E-state index in [2.05, 4.69) is 20.0 Å². The fraction of sp³-hybridized carbons (Fsp3) is 0.467. The van der Waals surface area contributed by atoms with E-state index in [1.807, 2.05) is 0 Å².